The predicted molar refractivity (Wildman–Crippen MR) is 174 cm³/mol. The molecule has 0 fully saturated rings. The molecule has 1 aromatic heterocycles. The van der Waals surface area contributed by atoms with E-state index >= 15 is 0 Å². The number of para-hydroxylation sites is 1. The number of methoxy groups -OCH3 is 1. The minimum Gasteiger partial charge on any atom is -0.385 e. The van der Waals surface area contributed by atoms with Crippen LogP contribution in [0.4, 0.5) is 0 Å². The van der Waals surface area contributed by atoms with Gasteiger partial charge in [0.25, 0.3) is 0 Å². The van der Waals surface area contributed by atoms with Gasteiger partial charge in [-0.3, -0.25) is 9.59 Å². The van der Waals surface area contributed by atoms with Gasteiger partial charge in [0, 0.05) is 85.2 Å². The molecule has 0 spiro atoms. The molecular formula is C36H40Cl2N2O3. The van der Waals surface area contributed by atoms with Crippen LogP contribution in [0.15, 0.2) is 71.2 Å². The van der Waals surface area contributed by atoms with Crippen molar-refractivity contribution in [2.75, 3.05) is 20.3 Å². The lowest BCUT2D eigenvalue weighted by Crippen LogP contribution is -2.44. The second-order valence-corrected chi connectivity index (χ2v) is 14.8. The number of aromatic nitrogens is 1. The zero-order valence-corrected chi connectivity index (χ0v) is 27.2. The fraction of sp³-hybridized carbons (Fsp3) is 0.444. The first-order valence-electron chi connectivity index (χ1n) is 15.2. The molecule has 0 unspecified atom stereocenters. The molecule has 7 heteroatoms. The summed E-state index contributed by atoms with van der Waals surface area (Å²) in [6.45, 7) is 10.7. The maximum Gasteiger partial charge on any atom is 0.162 e. The molecule has 0 saturated carbocycles. The zero-order chi connectivity index (χ0) is 30.7. The third kappa shape index (κ3) is 5.61. The molecule has 0 bridgehead atoms. The van der Waals surface area contributed by atoms with Crippen LogP contribution in [0, 0.1) is 10.8 Å². The molecule has 226 valence electrons. The third-order valence-corrected chi connectivity index (χ3v) is 9.96. The Hall–Kier alpha value is -2.86. The lowest BCUT2D eigenvalue weighted by molar-refractivity contribution is -0.119. The van der Waals surface area contributed by atoms with Gasteiger partial charge in [0.1, 0.15) is 0 Å². The first kappa shape index (κ1) is 30.2. The molecule has 2 heterocycles. The number of ketones is 2. The zero-order valence-electron chi connectivity index (χ0n) is 25.7. The number of Topliss-reactive ketones (excluding diaryl/α,β-unsaturated/α-hetero) is 2. The topological polar surface area (TPSA) is 51.5 Å². The molecule has 0 radical (unpaired) electrons. The average Bonchev–Trinajstić information content (AvgIpc) is 3.28. The van der Waals surface area contributed by atoms with Gasteiger partial charge >= 0.3 is 0 Å². The Balaban J connectivity index is 1.57. The van der Waals surface area contributed by atoms with Gasteiger partial charge in [0.15, 0.2) is 11.6 Å². The maximum absolute atomic E-state index is 14.2. The normalized spacial score (nSPS) is 20.2. The van der Waals surface area contributed by atoms with Gasteiger partial charge in [0.2, 0.25) is 0 Å². The number of carbonyl (C=O) groups excluding carboxylic acids is 2. The molecule has 3 aromatic rings. The molecule has 43 heavy (non-hydrogen) atoms. The van der Waals surface area contributed by atoms with E-state index in [-0.39, 0.29) is 22.4 Å². The highest BCUT2D eigenvalue weighted by Gasteiger charge is 2.49. The summed E-state index contributed by atoms with van der Waals surface area (Å²) in [4.78, 5) is 30.8. The maximum atomic E-state index is 14.2. The van der Waals surface area contributed by atoms with Gasteiger partial charge in [0.05, 0.1) is 10.0 Å². The smallest absolute Gasteiger partial charge is 0.162 e. The van der Waals surface area contributed by atoms with Crippen LogP contribution in [0.5, 0.6) is 0 Å². The van der Waals surface area contributed by atoms with Crippen LogP contribution in [0.25, 0.3) is 10.9 Å². The summed E-state index contributed by atoms with van der Waals surface area (Å²) in [5.41, 5.74) is 6.58. The predicted octanol–water partition coefficient (Wildman–Crippen LogP) is 8.72. The molecule has 5 nitrogen and oxygen atoms in total. The SMILES string of the molecule is COCCCN1C2=C(C(=O)CC(C)(C)C2)C(c2cn(Cc3ccc(Cl)c(Cl)c3)c3ccccc23)C2=C1CC(C)(C)CC2=O. The minimum atomic E-state index is -0.393. The highest BCUT2D eigenvalue weighted by atomic mass is 35.5. The number of allylic oxidation sites excluding steroid dienone is 4. The minimum absolute atomic E-state index is 0.151. The Labute approximate surface area is 264 Å². The van der Waals surface area contributed by atoms with E-state index in [1.165, 1.54) is 0 Å². The molecule has 0 saturated heterocycles. The van der Waals surface area contributed by atoms with Crippen molar-refractivity contribution < 1.29 is 14.3 Å². The number of rotatable bonds is 7. The third-order valence-electron chi connectivity index (χ3n) is 9.22. The number of carbonyl (C=O) groups is 2. The summed E-state index contributed by atoms with van der Waals surface area (Å²) in [5, 5.41) is 2.11. The van der Waals surface area contributed by atoms with Crippen molar-refractivity contribution in [2.24, 2.45) is 10.8 Å². The van der Waals surface area contributed by atoms with E-state index in [4.69, 9.17) is 27.9 Å². The van der Waals surface area contributed by atoms with Gasteiger partial charge < -0.3 is 14.2 Å². The number of hydrogen-bond acceptors (Lipinski definition) is 4. The Bertz CT molecular complexity index is 1640. The van der Waals surface area contributed by atoms with Crippen LogP contribution in [-0.4, -0.2) is 41.3 Å². The summed E-state index contributed by atoms with van der Waals surface area (Å²) in [6.07, 6.45) is 5.52. The average molecular weight is 620 g/mol. The summed E-state index contributed by atoms with van der Waals surface area (Å²) in [5.74, 6) is -0.0900. The molecule has 0 atom stereocenters. The lowest BCUT2D eigenvalue weighted by atomic mass is 9.63. The van der Waals surface area contributed by atoms with E-state index in [0.29, 0.717) is 36.0 Å². The van der Waals surface area contributed by atoms with Crippen molar-refractivity contribution in [1.82, 2.24) is 9.47 Å². The molecule has 0 amide bonds. The summed E-state index contributed by atoms with van der Waals surface area (Å²) < 4.78 is 7.63. The van der Waals surface area contributed by atoms with Gasteiger partial charge in [-0.25, -0.2) is 0 Å². The number of benzene rings is 2. The van der Waals surface area contributed by atoms with Crippen molar-refractivity contribution in [3.63, 3.8) is 0 Å². The van der Waals surface area contributed by atoms with E-state index in [1.807, 2.05) is 30.3 Å². The van der Waals surface area contributed by atoms with E-state index in [9.17, 15) is 9.59 Å². The molecule has 6 rings (SSSR count). The fourth-order valence-corrected chi connectivity index (χ4v) is 7.79. The Kier molecular flexibility index (Phi) is 7.90. The Morgan fingerprint density at radius 3 is 2.09 bits per heavy atom. The second kappa shape index (κ2) is 11.3. The number of hydrogen-bond donors (Lipinski definition) is 0. The van der Waals surface area contributed by atoms with Gasteiger partial charge in [-0.05, 0) is 59.4 Å². The first-order valence-corrected chi connectivity index (χ1v) is 16.0. The van der Waals surface area contributed by atoms with E-state index in [2.05, 4.69) is 55.5 Å². The monoisotopic (exact) mass is 618 g/mol. The summed E-state index contributed by atoms with van der Waals surface area (Å²) >= 11 is 12.6. The number of halogens is 2. The lowest BCUT2D eigenvalue weighted by Gasteiger charge is -2.49. The summed E-state index contributed by atoms with van der Waals surface area (Å²) in [7, 11) is 1.72. The largest absolute Gasteiger partial charge is 0.385 e. The quantitative estimate of drug-likeness (QED) is 0.248. The number of fused-ring (bicyclic) bond motifs is 1. The molecular weight excluding hydrogens is 579 g/mol. The van der Waals surface area contributed by atoms with Gasteiger partial charge in [-0.1, -0.05) is 75.2 Å². The van der Waals surface area contributed by atoms with Crippen molar-refractivity contribution in [1.29, 1.82) is 0 Å². The Morgan fingerprint density at radius 2 is 1.49 bits per heavy atom. The highest BCUT2D eigenvalue weighted by Crippen LogP contribution is 2.55. The van der Waals surface area contributed by atoms with Crippen LogP contribution >= 0.6 is 23.2 Å². The summed E-state index contributed by atoms with van der Waals surface area (Å²) in [6, 6.07) is 14.0. The number of ether oxygens (including phenoxy) is 1. The molecule has 0 N–H and O–H groups in total. The molecule has 1 aliphatic heterocycles. The van der Waals surface area contributed by atoms with E-state index < -0.39 is 5.92 Å². The van der Waals surface area contributed by atoms with Gasteiger partial charge in [-0.2, -0.15) is 0 Å². The van der Waals surface area contributed by atoms with Crippen LogP contribution < -0.4 is 0 Å². The second-order valence-electron chi connectivity index (χ2n) is 14.0. The standard InChI is InChI=1S/C36H40Cl2N2O3/c1-35(2)16-28-33(30(41)18-35)32(34-29(40(28)13-8-14-43-5)17-36(3,4)19-31(34)42)24-21-39(27-10-7-6-9-23(24)27)20-22-11-12-25(37)26(38)15-22/h6-7,9-12,15,21,32H,8,13-14,16-20H2,1-5H3. The van der Waals surface area contributed by atoms with Crippen LogP contribution in [0.1, 0.15) is 76.8 Å². The number of nitrogens with zero attached hydrogens (tertiary/aromatic N) is 2. The Morgan fingerprint density at radius 1 is 0.860 bits per heavy atom. The van der Waals surface area contributed by atoms with Crippen molar-refractivity contribution >= 4 is 45.7 Å². The van der Waals surface area contributed by atoms with Crippen molar-refractivity contribution in [3.05, 3.63) is 92.4 Å². The fourth-order valence-electron chi connectivity index (χ4n) is 7.47. The van der Waals surface area contributed by atoms with Crippen LogP contribution in [0.3, 0.4) is 0 Å². The highest BCUT2D eigenvalue weighted by molar-refractivity contribution is 6.42. The first-order chi connectivity index (χ1) is 20.4. The molecule has 2 aliphatic carbocycles. The van der Waals surface area contributed by atoms with Gasteiger partial charge in [-0.15, -0.1) is 0 Å². The van der Waals surface area contributed by atoms with Crippen LogP contribution in [-0.2, 0) is 20.9 Å². The van der Waals surface area contributed by atoms with Crippen LogP contribution in [0.2, 0.25) is 10.0 Å². The molecule has 3 aliphatic rings. The van der Waals surface area contributed by atoms with Crippen molar-refractivity contribution in [2.45, 2.75) is 72.3 Å². The van der Waals surface area contributed by atoms with Crippen molar-refractivity contribution in [3.8, 4) is 0 Å². The van der Waals surface area contributed by atoms with E-state index in [1.54, 1.807) is 7.11 Å². The van der Waals surface area contributed by atoms with E-state index in [0.717, 1.165) is 70.4 Å². The molecule has 2 aromatic carbocycles.